The van der Waals surface area contributed by atoms with Crippen molar-refractivity contribution in [1.29, 1.82) is 0 Å². The van der Waals surface area contributed by atoms with Crippen molar-refractivity contribution in [2.45, 2.75) is 12.4 Å². The summed E-state index contributed by atoms with van der Waals surface area (Å²) >= 11 is 0. The maximum Gasteiger partial charge on any atom is 0.417 e. The Morgan fingerprint density at radius 2 is 1.44 bits per heavy atom. The quantitative estimate of drug-likeness (QED) is 0.278. The largest absolute Gasteiger partial charge is 0.417 e. The van der Waals surface area contributed by atoms with E-state index in [9.17, 15) is 26.3 Å². The van der Waals surface area contributed by atoms with Crippen molar-refractivity contribution in [3.05, 3.63) is 77.9 Å². The molecule has 3 aromatic carbocycles. The Morgan fingerprint density at radius 1 is 0.706 bits per heavy atom. The van der Waals surface area contributed by atoms with Gasteiger partial charge in [-0.1, -0.05) is 30.3 Å². The number of hydrogen-bond donors (Lipinski definition) is 2. The maximum absolute atomic E-state index is 13.6. The summed E-state index contributed by atoms with van der Waals surface area (Å²) in [5, 5.41) is 10.2. The first-order chi connectivity index (χ1) is 16.1. The highest BCUT2D eigenvalue weighted by Gasteiger charge is 2.34. The summed E-state index contributed by atoms with van der Waals surface area (Å²) in [7, 11) is 0. The number of benzene rings is 3. The van der Waals surface area contributed by atoms with Gasteiger partial charge < -0.3 is 5.32 Å². The van der Waals surface area contributed by atoms with Gasteiger partial charge in [0.25, 0.3) is 0 Å². The lowest BCUT2D eigenvalue weighted by Crippen LogP contribution is -2.09. The van der Waals surface area contributed by atoms with Crippen LogP contribution in [0.15, 0.2) is 66.7 Å². The Labute approximate surface area is 187 Å². The highest BCUT2D eigenvalue weighted by molar-refractivity contribution is 5.97. The lowest BCUT2D eigenvalue weighted by molar-refractivity contribution is -0.138. The molecule has 34 heavy (non-hydrogen) atoms. The number of nitrogens with zero attached hydrogens (tertiary/aromatic N) is 3. The number of alkyl halides is 6. The Morgan fingerprint density at radius 3 is 2.21 bits per heavy atom. The van der Waals surface area contributed by atoms with Gasteiger partial charge in [0.2, 0.25) is 0 Å². The Kier molecular flexibility index (Phi) is 4.92. The van der Waals surface area contributed by atoms with Crippen molar-refractivity contribution < 1.29 is 26.3 Å². The normalized spacial score (nSPS) is 12.4. The fraction of sp³-hybridized carbons (Fsp3) is 0.0870. The van der Waals surface area contributed by atoms with E-state index in [-0.39, 0.29) is 28.4 Å². The van der Waals surface area contributed by atoms with Gasteiger partial charge in [-0.2, -0.15) is 31.4 Å². The highest BCUT2D eigenvalue weighted by Crippen LogP contribution is 2.38. The lowest BCUT2D eigenvalue weighted by atomic mass is 10.1. The van der Waals surface area contributed by atoms with E-state index >= 15 is 0 Å². The van der Waals surface area contributed by atoms with E-state index in [0.29, 0.717) is 16.4 Å². The molecule has 0 radical (unpaired) electrons. The molecule has 0 amide bonds. The molecule has 0 aliphatic carbocycles. The number of fused-ring (bicyclic) bond motifs is 2. The van der Waals surface area contributed by atoms with Crippen LogP contribution in [-0.2, 0) is 12.4 Å². The molecule has 0 unspecified atom stereocenters. The van der Waals surface area contributed by atoms with E-state index in [2.05, 4.69) is 25.5 Å². The number of H-pyrrole nitrogens is 1. The monoisotopic (exact) mass is 473 g/mol. The summed E-state index contributed by atoms with van der Waals surface area (Å²) in [6.45, 7) is 0. The Bertz CT molecular complexity index is 1520. The van der Waals surface area contributed by atoms with Crippen LogP contribution in [0.5, 0.6) is 0 Å². The third-order valence-corrected chi connectivity index (χ3v) is 5.20. The molecule has 11 heteroatoms. The second kappa shape index (κ2) is 7.72. The molecule has 0 bridgehead atoms. The maximum atomic E-state index is 13.6. The molecule has 0 spiro atoms. The summed E-state index contributed by atoms with van der Waals surface area (Å²) in [5.41, 5.74) is -1.30. The van der Waals surface area contributed by atoms with E-state index in [1.807, 2.05) is 0 Å². The van der Waals surface area contributed by atoms with Crippen molar-refractivity contribution in [1.82, 2.24) is 20.2 Å². The van der Waals surface area contributed by atoms with Gasteiger partial charge in [-0.05, 0) is 36.4 Å². The number of halogens is 6. The number of nitrogens with one attached hydrogen (secondary N) is 2. The van der Waals surface area contributed by atoms with E-state index in [1.165, 1.54) is 24.3 Å². The Balaban J connectivity index is 1.67. The molecule has 2 heterocycles. The van der Waals surface area contributed by atoms with Crippen LogP contribution in [-0.4, -0.2) is 20.2 Å². The minimum atomic E-state index is -4.63. The minimum Gasteiger partial charge on any atom is -0.322 e. The van der Waals surface area contributed by atoms with Crippen LogP contribution < -0.4 is 5.32 Å². The molecule has 5 nitrogen and oxygen atoms in total. The highest BCUT2D eigenvalue weighted by atomic mass is 19.4. The molecule has 0 fully saturated rings. The number of aromatic amines is 1. The van der Waals surface area contributed by atoms with Gasteiger partial charge in [0, 0.05) is 16.3 Å². The van der Waals surface area contributed by atoms with E-state index in [1.54, 1.807) is 24.3 Å². The van der Waals surface area contributed by atoms with Crippen molar-refractivity contribution in [3.63, 3.8) is 0 Å². The second-order valence-corrected chi connectivity index (χ2v) is 7.41. The molecule has 0 atom stereocenters. The summed E-state index contributed by atoms with van der Waals surface area (Å²) < 4.78 is 80.4. The number of hydrogen-bond acceptors (Lipinski definition) is 4. The molecule has 2 aromatic heterocycles. The van der Waals surface area contributed by atoms with Crippen LogP contribution in [0, 0.1) is 0 Å². The van der Waals surface area contributed by atoms with E-state index in [4.69, 9.17) is 0 Å². The van der Waals surface area contributed by atoms with Crippen LogP contribution in [0.2, 0.25) is 0 Å². The molecular weight excluding hydrogens is 460 g/mol. The molecule has 0 aliphatic rings. The molecule has 5 aromatic rings. The van der Waals surface area contributed by atoms with Crippen LogP contribution in [0.1, 0.15) is 11.1 Å². The van der Waals surface area contributed by atoms with E-state index in [0.717, 1.165) is 18.2 Å². The van der Waals surface area contributed by atoms with Crippen LogP contribution in [0.25, 0.3) is 33.2 Å². The molecule has 0 saturated carbocycles. The first kappa shape index (κ1) is 21.7. The number of rotatable bonds is 3. The van der Waals surface area contributed by atoms with Crippen LogP contribution in [0.4, 0.5) is 38.0 Å². The summed E-state index contributed by atoms with van der Waals surface area (Å²) in [5.74, 6) is -0.0478. The average molecular weight is 473 g/mol. The van der Waals surface area contributed by atoms with Crippen LogP contribution >= 0.6 is 0 Å². The number of aromatic nitrogens is 4. The second-order valence-electron chi connectivity index (χ2n) is 7.41. The zero-order chi connectivity index (χ0) is 24.1. The van der Waals surface area contributed by atoms with Crippen molar-refractivity contribution >= 4 is 33.4 Å². The summed E-state index contributed by atoms with van der Waals surface area (Å²) in [6.07, 6.45) is -9.19. The molecule has 0 aliphatic heterocycles. The third kappa shape index (κ3) is 3.89. The van der Waals surface area contributed by atoms with E-state index < -0.39 is 23.5 Å². The van der Waals surface area contributed by atoms with Gasteiger partial charge in [-0.15, -0.1) is 0 Å². The predicted molar refractivity (Wildman–Crippen MR) is 114 cm³/mol. The smallest absolute Gasteiger partial charge is 0.322 e. The topological polar surface area (TPSA) is 66.5 Å². The molecule has 172 valence electrons. The van der Waals surface area contributed by atoms with Crippen molar-refractivity contribution in [3.8, 4) is 11.4 Å². The van der Waals surface area contributed by atoms with Gasteiger partial charge in [0.15, 0.2) is 11.6 Å². The zero-order valence-electron chi connectivity index (χ0n) is 17.0. The first-order valence-corrected chi connectivity index (χ1v) is 9.87. The lowest BCUT2D eigenvalue weighted by Gasteiger charge is -2.14. The van der Waals surface area contributed by atoms with Crippen molar-refractivity contribution in [2.75, 3.05) is 5.32 Å². The number of anilines is 2. The van der Waals surface area contributed by atoms with Gasteiger partial charge in [-0.25, -0.2) is 9.97 Å². The summed E-state index contributed by atoms with van der Waals surface area (Å²) in [4.78, 5) is 8.59. The molecular formula is C23H13F6N5. The fourth-order valence-corrected chi connectivity index (χ4v) is 3.62. The predicted octanol–water partition coefficient (Wildman–Crippen LogP) is 6.95. The molecule has 5 rings (SSSR count). The minimum absolute atomic E-state index is 0.0417. The summed E-state index contributed by atoms with van der Waals surface area (Å²) in [6, 6.07) is 14.6. The standard InChI is InChI=1S/C23H13F6N5/c24-22(25,26)12-9-10-18-15(11-12)21(34-33-18)32-20-14-6-2-4-8-17(14)30-19(31-20)13-5-1-3-7-16(13)23(27,28)29/h1-11H,(H2,30,31,32,33,34). The van der Waals surface area contributed by atoms with Crippen LogP contribution in [0.3, 0.4) is 0 Å². The van der Waals surface area contributed by atoms with Gasteiger partial charge >= 0.3 is 12.4 Å². The third-order valence-electron chi connectivity index (χ3n) is 5.20. The van der Waals surface area contributed by atoms with Crippen molar-refractivity contribution in [2.24, 2.45) is 0 Å². The zero-order valence-corrected chi connectivity index (χ0v) is 17.0. The SMILES string of the molecule is FC(F)(F)c1ccc2[nH]nc(Nc3nc(-c4ccccc4C(F)(F)F)nc4ccccc34)c2c1. The fourth-order valence-electron chi connectivity index (χ4n) is 3.62. The number of para-hydroxylation sites is 1. The molecule has 2 N–H and O–H groups in total. The van der Waals surface area contributed by atoms with Gasteiger partial charge in [0.05, 0.1) is 22.2 Å². The molecule has 0 saturated heterocycles. The Hall–Kier alpha value is -4.15. The van der Waals surface area contributed by atoms with Gasteiger partial charge in [-0.3, -0.25) is 5.10 Å². The average Bonchev–Trinajstić information content (AvgIpc) is 3.20. The first-order valence-electron chi connectivity index (χ1n) is 9.87. The van der Waals surface area contributed by atoms with Gasteiger partial charge in [0.1, 0.15) is 5.82 Å².